The molecule has 0 spiro atoms. The van der Waals surface area contributed by atoms with Crippen molar-refractivity contribution in [3.63, 3.8) is 0 Å². The molecule has 0 aromatic carbocycles. The topological polar surface area (TPSA) is 120 Å². The van der Waals surface area contributed by atoms with E-state index in [0.29, 0.717) is 43.6 Å². The first-order chi connectivity index (χ1) is 19.4. The van der Waals surface area contributed by atoms with E-state index in [1.54, 1.807) is 0 Å². The van der Waals surface area contributed by atoms with Crippen LogP contribution in [0, 0.1) is 29.1 Å². The van der Waals surface area contributed by atoms with Crippen molar-refractivity contribution in [1.82, 2.24) is 10.6 Å². The largest absolute Gasteiger partial charge is 0.481 e. The fourth-order valence-corrected chi connectivity index (χ4v) is 7.66. The van der Waals surface area contributed by atoms with Crippen LogP contribution in [0.1, 0.15) is 131 Å². The fraction of sp³-hybridized carbons (Fsp3) is 0.906. The van der Waals surface area contributed by atoms with Crippen LogP contribution in [0.5, 0.6) is 0 Å². The fourth-order valence-electron chi connectivity index (χ4n) is 7.66. The van der Waals surface area contributed by atoms with Gasteiger partial charge in [0, 0.05) is 25.3 Å². The van der Waals surface area contributed by atoms with Crippen molar-refractivity contribution in [3.05, 3.63) is 0 Å². The molecule has 3 aliphatic carbocycles. The number of hydrogen-bond acceptors (Lipinski definition) is 5. The Morgan fingerprint density at radius 3 is 2.32 bits per heavy atom. The highest BCUT2D eigenvalue weighted by Crippen LogP contribution is 2.65. The van der Waals surface area contributed by atoms with Gasteiger partial charge in [-0.3, -0.25) is 9.59 Å². The van der Waals surface area contributed by atoms with Crippen LogP contribution in [0.15, 0.2) is 0 Å². The normalized spacial score (nSPS) is 27.6. The maximum absolute atomic E-state index is 13.7. The summed E-state index contributed by atoms with van der Waals surface area (Å²) in [7, 11) is -0.493. The third kappa shape index (κ3) is 8.95. The highest BCUT2D eigenvalue weighted by Gasteiger charge is 2.68. The summed E-state index contributed by atoms with van der Waals surface area (Å²) < 4.78 is 13.3. The van der Waals surface area contributed by atoms with Gasteiger partial charge in [-0.2, -0.15) is 0 Å². The monoisotopic (exact) mass is 575 g/mol. The molecule has 9 heteroatoms. The number of urea groups is 1. The van der Waals surface area contributed by atoms with E-state index in [-0.39, 0.29) is 41.2 Å². The molecule has 0 aromatic heterocycles. The van der Waals surface area contributed by atoms with Gasteiger partial charge in [0.1, 0.15) is 5.78 Å². The minimum absolute atomic E-state index is 0.0510. The first kappa shape index (κ1) is 33.9. The van der Waals surface area contributed by atoms with E-state index in [1.807, 2.05) is 0 Å². The minimum atomic E-state index is -0.579. The second kappa shape index (κ2) is 15.2. The number of primary amides is 1. The van der Waals surface area contributed by atoms with E-state index >= 15 is 0 Å². The Kier molecular flexibility index (Phi) is 12.6. The molecule has 0 aromatic rings. The van der Waals surface area contributed by atoms with Gasteiger partial charge >= 0.3 is 13.1 Å². The van der Waals surface area contributed by atoms with Crippen LogP contribution in [-0.2, 0) is 18.9 Å². The lowest BCUT2D eigenvalue weighted by Gasteiger charge is -2.64. The lowest BCUT2D eigenvalue weighted by atomic mass is 9.43. The van der Waals surface area contributed by atoms with Gasteiger partial charge in [0.15, 0.2) is 0 Å². The summed E-state index contributed by atoms with van der Waals surface area (Å²) in [6, 6.07) is -0.579. The summed E-state index contributed by atoms with van der Waals surface area (Å²) in [4.78, 5) is 37.8. The zero-order chi connectivity index (χ0) is 30.2. The molecule has 3 amide bonds. The number of carbonyl (C=O) groups excluding carboxylic acids is 3. The van der Waals surface area contributed by atoms with Crippen molar-refractivity contribution < 1.29 is 23.7 Å². The average Bonchev–Trinajstić information content (AvgIpc) is 3.26. The van der Waals surface area contributed by atoms with Crippen molar-refractivity contribution in [3.8, 4) is 0 Å². The van der Waals surface area contributed by atoms with Crippen molar-refractivity contribution >= 4 is 24.8 Å². The van der Waals surface area contributed by atoms with Crippen LogP contribution in [0.4, 0.5) is 4.79 Å². The van der Waals surface area contributed by atoms with Gasteiger partial charge in [-0.1, -0.05) is 73.1 Å². The quantitative estimate of drug-likeness (QED) is 0.130. The van der Waals surface area contributed by atoms with E-state index in [0.717, 1.165) is 32.1 Å². The molecule has 0 radical (unpaired) electrons. The maximum Gasteiger partial charge on any atom is 0.481 e. The predicted molar refractivity (Wildman–Crippen MR) is 164 cm³/mol. The lowest BCUT2D eigenvalue weighted by molar-refractivity contribution is -0.199. The van der Waals surface area contributed by atoms with E-state index in [1.165, 1.54) is 32.1 Å². The molecular formula is C32H58BN3O5. The number of Topliss-reactive ketones (excluding diaryl/α,β-unsaturated/α-hetero) is 1. The molecule has 1 heterocycles. The highest BCUT2D eigenvalue weighted by molar-refractivity contribution is 6.47. The minimum Gasteiger partial charge on any atom is -0.404 e. The van der Waals surface area contributed by atoms with E-state index in [9.17, 15) is 14.4 Å². The third-order valence-electron chi connectivity index (χ3n) is 10.3. The van der Waals surface area contributed by atoms with Gasteiger partial charge in [-0.15, -0.1) is 0 Å². The molecule has 4 fully saturated rings. The molecule has 8 nitrogen and oxygen atoms in total. The molecule has 4 rings (SSSR count). The standard InChI is InChI=1S/C32H58BN3O5/c1-7-8-9-10-11-12-13-16-25(37)19-23(15-14-17-35-30(34)39)29(38)36-28(18-22(2)3)33-40-27-21-24-20-26(31(24,4)5)32(27,6)41-33/h22-24,26-28H,7-21H2,1-6H3,(H,36,38)(H3,34,35,39)/t23-,24+,26+,27-,28+,32+/m1/s1. The zero-order valence-electron chi connectivity index (χ0n) is 26.8. The Morgan fingerprint density at radius 2 is 1.68 bits per heavy atom. The second-order valence-corrected chi connectivity index (χ2v) is 14.3. The Balaban J connectivity index is 1.60. The van der Waals surface area contributed by atoms with Gasteiger partial charge in [0.2, 0.25) is 5.91 Å². The Bertz CT molecular complexity index is 883. The molecule has 1 aliphatic heterocycles. The first-order valence-corrected chi connectivity index (χ1v) is 16.6. The molecule has 41 heavy (non-hydrogen) atoms. The molecule has 6 atom stereocenters. The maximum atomic E-state index is 13.7. The number of carbonyl (C=O) groups is 3. The van der Waals surface area contributed by atoms with Crippen LogP contribution in [0.25, 0.3) is 0 Å². The van der Waals surface area contributed by atoms with Crippen molar-refractivity contribution in [2.45, 2.75) is 149 Å². The summed E-state index contributed by atoms with van der Waals surface area (Å²) in [5, 5.41) is 5.86. The number of nitrogens with one attached hydrogen (secondary N) is 2. The summed E-state index contributed by atoms with van der Waals surface area (Å²) in [5.41, 5.74) is 5.13. The molecular weight excluding hydrogens is 517 g/mol. The van der Waals surface area contributed by atoms with E-state index in [4.69, 9.17) is 15.0 Å². The summed E-state index contributed by atoms with van der Waals surface area (Å²) in [6.45, 7) is 13.8. The SMILES string of the molecule is CCCCCCCCCC(=O)C[C@@H](CCCNC(N)=O)C(=O)N[C@@H](CC(C)C)B1O[C@@H]2C[C@@H]3C[C@@H](C3(C)C)[C@]2(C)O1. The Labute approximate surface area is 249 Å². The summed E-state index contributed by atoms with van der Waals surface area (Å²) in [6.07, 6.45) is 12.9. The van der Waals surface area contributed by atoms with Crippen LogP contribution >= 0.6 is 0 Å². The zero-order valence-corrected chi connectivity index (χ0v) is 26.8. The van der Waals surface area contributed by atoms with Crippen LogP contribution in [0.2, 0.25) is 0 Å². The third-order valence-corrected chi connectivity index (χ3v) is 10.3. The molecule has 4 N–H and O–H groups in total. The number of amides is 3. The van der Waals surface area contributed by atoms with Crippen molar-refractivity contribution in [1.29, 1.82) is 0 Å². The van der Waals surface area contributed by atoms with Gasteiger partial charge < -0.3 is 25.7 Å². The second-order valence-electron chi connectivity index (χ2n) is 14.3. The van der Waals surface area contributed by atoms with Gasteiger partial charge in [0.05, 0.1) is 17.6 Å². The molecule has 2 bridgehead atoms. The average molecular weight is 576 g/mol. The summed E-state index contributed by atoms with van der Waals surface area (Å²) in [5.74, 6) is 0.721. The molecule has 1 saturated heterocycles. The molecule has 234 valence electrons. The van der Waals surface area contributed by atoms with Crippen molar-refractivity contribution in [2.24, 2.45) is 34.8 Å². The van der Waals surface area contributed by atoms with E-state index < -0.39 is 19.1 Å². The number of ketones is 1. The van der Waals surface area contributed by atoms with E-state index in [2.05, 4.69) is 52.2 Å². The van der Waals surface area contributed by atoms with Crippen molar-refractivity contribution in [2.75, 3.05) is 6.54 Å². The van der Waals surface area contributed by atoms with Gasteiger partial charge in [-0.25, -0.2) is 4.79 Å². The first-order valence-electron chi connectivity index (χ1n) is 16.6. The highest BCUT2D eigenvalue weighted by atomic mass is 16.7. The number of hydrogen-bond donors (Lipinski definition) is 3. The molecule has 0 unspecified atom stereocenters. The number of unbranched alkanes of at least 4 members (excludes halogenated alkanes) is 6. The lowest BCUT2D eigenvalue weighted by Crippen LogP contribution is -2.65. The molecule has 3 saturated carbocycles. The van der Waals surface area contributed by atoms with Gasteiger partial charge in [-0.05, 0) is 68.6 Å². The Hall–Kier alpha value is -1.61. The van der Waals surface area contributed by atoms with Gasteiger partial charge in [0.25, 0.3) is 0 Å². The van der Waals surface area contributed by atoms with Crippen LogP contribution < -0.4 is 16.4 Å². The number of nitrogens with two attached hydrogens (primary N) is 1. The smallest absolute Gasteiger partial charge is 0.404 e. The summed E-state index contributed by atoms with van der Waals surface area (Å²) >= 11 is 0. The molecule has 4 aliphatic rings. The predicted octanol–water partition coefficient (Wildman–Crippen LogP) is 5.95. The van der Waals surface area contributed by atoms with Crippen LogP contribution in [0.3, 0.4) is 0 Å². The van der Waals surface area contributed by atoms with Crippen LogP contribution in [-0.4, -0.2) is 49.0 Å². The number of rotatable bonds is 19. The Morgan fingerprint density at radius 1 is 1.00 bits per heavy atom.